The first-order valence-electron chi connectivity index (χ1n) is 5.36. The normalized spacial score (nSPS) is 10.3. The molecule has 1 amide bonds. The summed E-state index contributed by atoms with van der Waals surface area (Å²) in [5.74, 6) is 0.164. The summed E-state index contributed by atoms with van der Waals surface area (Å²) in [5, 5.41) is 4.15. The molecule has 0 aliphatic rings. The molecule has 1 heterocycles. The molecule has 2 rings (SSSR count). The molecule has 1 aromatic carbocycles. The number of anilines is 1. The van der Waals surface area contributed by atoms with Crippen molar-refractivity contribution < 1.29 is 9.53 Å². The molecule has 0 aliphatic heterocycles. The lowest BCUT2D eigenvalue weighted by atomic mass is 10.1. The van der Waals surface area contributed by atoms with E-state index in [1.807, 2.05) is 6.92 Å². The van der Waals surface area contributed by atoms with Gasteiger partial charge in [-0.2, -0.15) is 5.10 Å². The monoisotopic (exact) mass is 246 g/mol. The van der Waals surface area contributed by atoms with Crippen molar-refractivity contribution in [3.63, 3.8) is 0 Å². The molecule has 0 radical (unpaired) electrons. The van der Waals surface area contributed by atoms with Crippen LogP contribution in [0.5, 0.6) is 11.6 Å². The van der Waals surface area contributed by atoms with Crippen LogP contribution in [0, 0.1) is 6.92 Å². The fraction of sp³-hybridized carbons (Fsp3) is 0.167. The van der Waals surface area contributed by atoms with Crippen molar-refractivity contribution >= 4 is 11.6 Å². The van der Waals surface area contributed by atoms with Gasteiger partial charge in [0, 0.05) is 13.1 Å². The Morgan fingerprint density at radius 3 is 2.72 bits per heavy atom. The molecule has 6 heteroatoms. The highest BCUT2D eigenvalue weighted by Crippen LogP contribution is 2.31. The molecular weight excluding hydrogens is 232 g/mol. The van der Waals surface area contributed by atoms with Gasteiger partial charge in [-0.05, 0) is 19.1 Å². The van der Waals surface area contributed by atoms with E-state index < -0.39 is 5.91 Å². The van der Waals surface area contributed by atoms with E-state index in [2.05, 4.69) is 5.10 Å². The summed E-state index contributed by atoms with van der Waals surface area (Å²) < 4.78 is 7.19. The lowest BCUT2D eigenvalue weighted by molar-refractivity contribution is 0.0998. The number of para-hydroxylation sites is 1. The number of benzene rings is 1. The van der Waals surface area contributed by atoms with Crippen LogP contribution in [0.4, 0.5) is 5.69 Å². The van der Waals surface area contributed by atoms with Gasteiger partial charge in [0.2, 0.25) is 5.88 Å². The molecular formula is C12H14N4O2. The Morgan fingerprint density at radius 2 is 2.17 bits per heavy atom. The maximum Gasteiger partial charge on any atom is 0.252 e. The molecule has 0 spiro atoms. The Balaban J connectivity index is 2.45. The second-order valence-electron chi connectivity index (χ2n) is 3.94. The molecule has 2 aromatic rings. The predicted molar refractivity (Wildman–Crippen MR) is 67.4 cm³/mol. The third-order valence-electron chi connectivity index (χ3n) is 2.48. The van der Waals surface area contributed by atoms with E-state index in [-0.39, 0.29) is 11.3 Å². The molecule has 6 nitrogen and oxygen atoms in total. The number of hydrogen-bond acceptors (Lipinski definition) is 4. The van der Waals surface area contributed by atoms with Crippen LogP contribution < -0.4 is 16.2 Å². The summed E-state index contributed by atoms with van der Waals surface area (Å²) in [7, 11) is 1.74. The van der Waals surface area contributed by atoms with Gasteiger partial charge in [-0.25, -0.2) is 4.68 Å². The van der Waals surface area contributed by atoms with Crippen molar-refractivity contribution in [1.29, 1.82) is 0 Å². The van der Waals surface area contributed by atoms with Gasteiger partial charge in [-0.15, -0.1) is 0 Å². The lowest BCUT2D eigenvalue weighted by Gasteiger charge is -2.11. The smallest absolute Gasteiger partial charge is 0.252 e. The standard InChI is InChI=1S/C12H14N4O2/c1-7-6-10(16(2)15-7)18-11-8(12(14)17)4-3-5-9(11)13/h3-6H,13H2,1-2H3,(H2,14,17). The van der Waals surface area contributed by atoms with Crippen LogP contribution in [-0.2, 0) is 7.05 Å². The third kappa shape index (κ3) is 2.13. The summed E-state index contributed by atoms with van der Waals surface area (Å²) >= 11 is 0. The maximum atomic E-state index is 11.3. The third-order valence-corrected chi connectivity index (χ3v) is 2.48. The molecule has 0 unspecified atom stereocenters. The van der Waals surface area contributed by atoms with Crippen LogP contribution in [0.25, 0.3) is 0 Å². The zero-order chi connectivity index (χ0) is 13.3. The van der Waals surface area contributed by atoms with Gasteiger partial charge >= 0.3 is 0 Å². The van der Waals surface area contributed by atoms with Crippen molar-refractivity contribution in [1.82, 2.24) is 9.78 Å². The summed E-state index contributed by atoms with van der Waals surface area (Å²) in [6.45, 7) is 1.84. The Labute approximate surface area is 104 Å². The number of amides is 1. The molecule has 0 atom stereocenters. The van der Waals surface area contributed by atoms with Crippen molar-refractivity contribution in [2.24, 2.45) is 12.8 Å². The molecule has 0 saturated carbocycles. The molecule has 0 aliphatic carbocycles. The second kappa shape index (κ2) is 4.40. The summed E-state index contributed by atoms with van der Waals surface area (Å²) in [4.78, 5) is 11.3. The number of nitrogens with zero attached hydrogens (tertiary/aromatic N) is 2. The predicted octanol–water partition coefficient (Wildman–Crippen LogP) is 1.20. The quantitative estimate of drug-likeness (QED) is 0.795. The highest BCUT2D eigenvalue weighted by Gasteiger charge is 2.15. The number of carbonyl (C=O) groups excluding carboxylic acids is 1. The van der Waals surface area contributed by atoms with E-state index in [4.69, 9.17) is 16.2 Å². The molecule has 0 bridgehead atoms. The van der Waals surface area contributed by atoms with Gasteiger partial charge in [-0.3, -0.25) is 4.79 Å². The summed E-state index contributed by atoms with van der Waals surface area (Å²) in [5.41, 5.74) is 12.5. The number of carbonyl (C=O) groups is 1. The SMILES string of the molecule is Cc1cc(Oc2c(N)cccc2C(N)=O)n(C)n1. The number of rotatable bonds is 3. The Kier molecular flexibility index (Phi) is 2.93. The Hall–Kier alpha value is -2.50. The minimum atomic E-state index is -0.587. The highest BCUT2D eigenvalue weighted by molar-refractivity contribution is 5.97. The van der Waals surface area contributed by atoms with E-state index in [0.717, 1.165) is 5.69 Å². The fourth-order valence-electron chi connectivity index (χ4n) is 1.65. The summed E-state index contributed by atoms with van der Waals surface area (Å²) in [6, 6.07) is 6.61. The van der Waals surface area contributed by atoms with Crippen molar-refractivity contribution in [2.75, 3.05) is 5.73 Å². The number of primary amides is 1. The largest absolute Gasteiger partial charge is 0.436 e. The number of nitrogens with two attached hydrogens (primary N) is 2. The minimum Gasteiger partial charge on any atom is -0.436 e. The number of hydrogen-bond donors (Lipinski definition) is 2. The first-order valence-corrected chi connectivity index (χ1v) is 5.36. The molecule has 94 valence electrons. The van der Waals surface area contributed by atoms with Crippen molar-refractivity contribution in [3.8, 4) is 11.6 Å². The first kappa shape index (κ1) is 12.0. The molecule has 4 N–H and O–H groups in total. The second-order valence-corrected chi connectivity index (χ2v) is 3.94. The fourth-order valence-corrected chi connectivity index (χ4v) is 1.65. The maximum absolute atomic E-state index is 11.3. The van der Waals surface area contributed by atoms with Crippen LogP contribution >= 0.6 is 0 Å². The van der Waals surface area contributed by atoms with Crippen molar-refractivity contribution in [2.45, 2.75) is 6.92 Å². The topological polar surface area (TPSA) is 96.2 Å². The van der Waals surface area contributed by atoms with E-state index in [9.17, 15) is 4.79 Å². The molecule has 0 fully saturated rings. The average molecular weight is 246 g/mol. The van der Waals surface area contributed by atoms with E-state index in [0.29, 0.717) is 11.6 Å². The van der Waals surface area contributed by atoms with Gasteiger partial charge in [0.05, 0.1) is 16.9 Å². The minimum absolute atomic E-state index is 0.244. The zero-order valence-electron chi connectivity index (χ0n) is 10.2. The van der Waals surface area contributed by atoms with Crippen LogP contribution in [0.2, 0.25) is 0 Å². The molecule has 1 aromatic heterocycles. The molecule has 18 heavy (non-hydrogen) atoms. The molecule has 0 saturated heterocycles. The Morgan fingerprint density at radius 1 is 1.44 bits per heavy atom. The number of aromatic nitrogens is 2. The van der Waals surface area contributed by atoms with Gasteiger partial charge in [0.1, 0.15) is 0 Å². The van der Waals surface area contributed by atoms with Gasteiger partial charge in [0.15, 0.2) is 5.75 Å². The van der Waals surface area contributed by atoms with Crippen LogP contribution in [0.3, 0.4) is 0 Å². The first-order chi connectivity index (χ1) is 8.49. The van der Waals surface area contributed by atoms with E-state index >= 15 is 0 Å². The Bertz CT molecular complexity index is 604. The number of ether oxygens (including phenoxy) is 1. The summed E-state index contributed by atoms with van der Waals surface area (Å²) in [6.07, 6.45) is 0. The van der Waals surface area contributed by atoms with Gasteiger partial charge in [0.25, 0.3) is 5.91 Å². The highest BCUT2D eigenvalue weighted by atomic mass is 16.5. The van der Waals surface area contributed by atoms with Crippen LogP contribution in [-0.4, -0.2) is 15.7 Å². The van der Waals surface area contributed by atoms with Crippen molar-refractivity contribution in [3.05, 3.63) is 35.5 Å². The number of nitrogen functional groups attached to an aromatic ring is 1. The zero-order valence-corrected chi connectivity index (χ0v) is 10.2. The van der Waals surface area contributed by atoms with Crippen LogP contribution in [0.15, 0.2) is 24.3 Å². The van der Waals surface area contributed by atoms with Gasteiger partial charge < -0.3 is 16.2 Å². The van der Waals surface area contributed by atoms with Crippen LogP contribution in [0.1, 0.15) is 16.1 Å². The lowest BCUT2D eigenvalue weighted by Crippen LogP contribution is -2.13. The van der Waals surface area contributed by atoms with E-state index in [1.54, 1.807) is 36.0 Å². The van der Waals surface area contributed by atoms with E-state index in [1.165, 1.54) is 0 Å². The van der Waals surface area contributed by atoms with Gasteiger partial charge in [-0.1, -0.05) is 6.07 Å². The average Bonchev–Trinajstić information content (AvgIpc) is 2.60. The number of aryl methyl sites for hydroxylation is 2.